The van der Waals surface area contributed by atoms with Crippen molar-refractivity contribution in [1.82, 2.24) is 9.88 Å². The van der Waals surface area contributed by atoms with E-state index in [1.165, 1.54) is 24.3 Å². The molecule has 10 heteroatoms. The number of carbonyl (C=O) groups excluding carboxylic acids is 2. The second-order valence-electron chi connectivity index (χ2n) is 8.28. The van der Waals surface area contributed by atoms with Crippen molar-refractivity contribution in [2.24, 2.45) is 16.1 Å². The first-order chi connectivity index (χ1) is 16.3. The predicted octanol–water partition coefficient (Wildman–Crippen LogP) is 5.12. The van der Waals surface area contributed by atoms with Crippen LogP contribution in [0, 0.1) is 16.0 Å². The summed E-state index contributed by atoms with van der Waals surface area (Å²) < 4.78 is 1.78. The number of benzene rings is 2. The molecule has 0 fully saturated rings. The molecule has 0 unspecified atom stereocenters. The van der Waals surface area contributed by atoms with Crippen molar-refractivity contribution < 1.29 is 19.6 Å². The Morgan fingerprint density at radius 2 is 1.85 bits per heavy atom. The number of nitro benzene ring substituents is 1. The topological polar surface area (TPSA) is 139 Å². The highest BCUT2D eigenvalue weighted by atomic mass is 16.6. The zero-order valence-corrected chi connectivity index (χ0v) is 19.1. The van der Waals surface area contributed by atoms with E-state index in [0.717, 1.165) is 17.3 Å². The Labute approximate surface area is 196 Å². The van der Waals surface area contributed by atoms with E-state index in [9.17, 15) is 24.8 Å². The summed E-state index contributed by atoms with van der Waals surface area (Å²) in [5.41, 5.74) is 1.29. The summed E-state index contributed by atoms with van der Waals surface area (Å²) in [5, 5.41) is 32.5. The van der Waals surface area contributed by atoms with Gasteiger partial charge in [0.15, 0.2) is 5.69 Å². The van der Waals surface area contributed by atoms with Crippen molar-refractivity contribution >= 4 is 34.1 Å². The Bertz CT molecular complexity index is 1210. The largest absolute Gasteiger partial charge is 0.493 e. The number of nitrogens with zero attached hydrogens (tertiary/aromatic N) is 4. The number of hydrogen-bond acceptors (Lipinski definition) is 6. The Balaban J connectivity index is 1.55. The lowest BCUT2D eigenvalue weighted by atomic mass is 10.1. The van der Waals surface area contributed by atoms with E-state index in [0.29, 0.717) is 24.4 Å². The summed E-state index contributed by atoms with van der Waals surface area (Å²) in [6.45, 7) is 5.07. The van der Waals surface area contributed by atoms with Crippen LogP contribution in [0.3, 0.4) is 0 Å². The summed E-state index contributed by atoms with van der Waals surface area (Å²) in [4.78, 5) is 34.4. The number of aromatic nitrogens is 1. The van der Waals surface area contributed by atoms with Gasteiger partial charge in [-0.05, 0) is 37.0 Å². The molecule has 2 N–H and O–H groups in total. The first-order valence-corrected chi connectivity index (χ1v) is 11.1. The van der Waals surface area contributed by atoms with Gasteiger partial charge in [-0.25, -0.2) is 0 Å². The smallest absolute Gasteiger partial charge is 0.269 e. The Kier molecular flexibility index (Phi) is 8.07. The average molecular weight is 466 g/mol. The molecule has 0 saturated heterocycles. The normalized spacial score (nSPS) is 11.4. The molecular weight excluding hydrogens is 438 g/mol. The number of nitrogens with one attached hydrogen (secondary N) is 1. The van der Waals surface area contributed by atoms with Crippen molar-refractivity contribution in [3.63, 3.8) is 0 Å². The fraction of sp³-hybridized carbons (Fsp3) is 0.333. The summed E-state index contributed by atoms with van der Waals surface area (Å²) in [7, 11) is 0. The molecule has 0 aliphatic heterocycles. The second-order valence-corrected chi connectivity index (χ2v) is 8.28. The van der Waals surface area contributed by atoms with Crippen molar-refractivity contribution in [3.8, 4) is 5.88 Å². The number of nitro groups is 1. The van der Waals surface area contributed by atoms with E-state index < -0.39 is 10.8 Å². The number of azo groups is 1. The molecule has 0 radical (unpaired) electrons. The highest BCUT2D eigenvalue weighted by Crippen LogP contribution is 2.39. The third kappa shape index (κ3) is 6.03. The molecule has 0 saturated carbocycles. The molecule has 3 rings (SSSR count). The summed E-state index contributed by atoms with van der Waals surface area (Å²) >= 11 is 0. The van der Waals surface area contributed by atoms with Gasteiger partial charge in [-0.1, -0.05) is 32.0 Å². The molecule has 1 aromatic heterocycles. The van der Waals surface area contributed by atoms with E-state index in [1.807, 2.05) is 24.3 Å². The minimum Gasteiger partial charge on any atom is -0.493 e. The lowest BCUT2D eigenvalue weighted by Crippen LogP contribution is -2.24. The van der Waals surface area contributed by atoms with Crippen LogP contribution >= 0.6 is 0 Å². The van der Waals surface area contributed by atoms with Crippen molar-refractivity contribution in [1.29, 1.82) is 0 Å². The minimum atomic E-state index is -0.537. The van der Waals surface area contributed by atoms with Crippen LogP contribution in [0.25, 0.3) is 10.9 Å². The van der Waals surface area contributed by atoms with Gasteiger partial charge in [-0.3, -0.25) is 19.7 Å². The maximum Gasteiger partial charge on any atom is 0.269 e. The first-order valence-electron chi connectivity index (χ1n) is 11.1. The molecule has 2 amide bonds. The van der Waals surface area contributed by atoms with Gasteiger partial charge in [0.25, 0.3) is 17.5 Å². The fourth-order valence-electron chi connectivity index (χ4n) is 3.42. The molecule has 0 bridgehead atoms. The molecule has 0 spiro atoms. The van der Waals surface area contributed by atoms with E-state index in [4.69, 9.17) is 0 Å². The molecule has 0 atom stereocenters. The molecule has 3 aromatic rings. The average Bonchev–Trinajstić information content (AvgIpc) is 3.09. The molecular formula is C24H27N5O5. The zero-order chi connectivity index (χ0) is 24.7. The molecule has 2 aromatic carbocycles. The van der Waals surface area contributed by atoms with Crippen LogP contribution in [-0.2, 0) is 11.3 Å². The predicted molar refractivity (Wildman–Crippen MR) is 127 cm³/mol. The highest BCUT2D eigenvalue weighted by Gasteiger charge is 2.17. The summed E-state index contributed by atoms with van der Waals surface area (Å²) in [6.07, 6.45) is 1.29. The van der Waals surface area contributed by atoms with Gasteiger partial charge in [0.1, 0.15) is 0 Å². The van der Waals surface area contributed by atoms with Gasteiger partial charge < -0.3 is 15.0 Å². The molecule has 0 aliphatic rings. The third-order valence-electron chi connectivity index (χ3n) is 5.30. The number of non-ortho nitro benzene ring substituents is 1. The van der Waals surface area contributed by atoms with E-state index >= 15 is 0 Å². The summed E-state index contributed by atoms with van der Waals surface area (Å²) in [5.74, 6) is -0.409. The molecule has 0 aliphatic carbocycles. The maximum absolute atomic E-state index is 12.2. The number of para-hydroxylation sites is 1. The summed E-state index contributed by atoms with van der Waals surface area (Å²) in [6, 6.07) is 12.7. The Hall–Kier alpha value is -4.08. The lowest BCUT2D eigenvalue weighted by Gasteiger charge is -2.08. The SMILES string of the molecule is CC(C)CCn1c(O)c(N=NC(=O)CCCNC(=O)c2ccc([N+](=O)[O-])cc2)c2ccccc21. The maximum atomic E-state index is 12.2. The Morgan fingerprint density at radius 1 is 1.15 bits per heavy atom. The van der Waals surface area contributed by atoms with Gasteiger partial charge in [-0.15, -0.1) is 10.2 Å². The standard InChI is InChI=1S/C24H27N5O5/c1-16(2)13-15-28-20-7-4-3-6-19(20)22(24(28)32)27-26-21(30)8-5-14-25-23(31)17-9-11-18(12-10-17)29(33)34/h3-4,6-7,9-12,16,32H,5,8,13-15H2,1-2H3,(H,25,31). The van der Waals surface area contributed by atoms with E-state index in [2.05, 4.69) is 29.4 Å². The fourth-order valence-corrected chi connectivity index (χ4v) is 3.42. The van der Waals surface area contributed by atoms with Crippen LogP contribution in [0.2, 0.25) is 0 Å². The van der Waals surface area contributed by atoms with Crippen LogP contribution in [0.5, 0.6) is 5.88 Å². The first kappa shape index (κ1) is 24.6. The van der Waals surface area contributed by atoms with Crippen LogP contribution in [-0.4, -0.2) is 33.0 Å². The second kappa shape index (κ2) is 11.2. The number of aromatic hydroxyl groups is 1. The molecule has 34 heavy (non-hydrogen) atoms. The number of rotatable bonds is 10. The number of hydrogen-bond donors (Lipinski definition) is 2. The zero-order valence-electron chi connectivity index (χ0n) is 19.1. The van der Waals surface area contributed by atoms with Gasteiger partial charge >= 0.3 is 0 Å². The van der Waals surface area contributed by atoms with Crippen molar-refractivity contribution in [2.75, 3.05) is 6.54 Å². The van der Waals surface area contributed by atoms with Crippen LogP contribution in [0.4, 0.5) is 11.4 Å². The number of aryl methyl sites for hydroxylation is 1. The van der Waals surface area contributed by atoms with Gasteiger partial charge in [-0.2, -0.15) is 0 Å². The highest BCUT2D eigenvalue weighted by molar-refractivity contribution is 5.95. The number of fused-ring (bicyclic) bond motifs is 1. The quantitative estimate of drug-likeness (QED) is 0.185. The molecule has 178 valence electrons. The Morgan fingerprint density at radius 3 is 2.53 bits per heavy atom. The van der Waals surface area contributed by atoms with Crippen LogP contribution < -0.4 is 5.32 Å². The minimum absolute atomic E-state index is 0.0197. The lowest BCUT2D eigenvalue weighted by molar-refractivity contribution is -0.384. The third-order valence-corrected chi connectivity index (χ3v) is 5.30. The van der Waals surface area contributed by atoms with Crippen LogP contribution in [0.15, 0.2) is 58.8 Å². The van der Waals surface area contributed by atoms with Gasteiger partial charge in [0.2, 0.25) is 5.88 Å². The van der Waals surface area contributed by atoms with E-state index in [1.54, 1.807) is 4.57 Å². The van der Waals surface area contributed by atoms with Crippen LogP contribution in [0.1, 0.15) is 43.5 Å². The number of carbonyl (C=O) groups is 2. The van der Waals surface area contributed by atoms with Crippen molar-refractivity contribution in [3.05, 3.63) is 64.2 Å². The monoisotopic (exact) mass is 465 g/mol. The molecule has 10 nitrogen and oxygen atoms in total. The number of amides is 2. The van der Waals surface area contributed by atoms with Gasteiger partial charge in [0.05, 0.1) is 10.4 Å². The molecule has 1 heterocycles. The van der Waals surface area contributed by atoms with Crippen molar-refractivity contribution in [2.45, 2.75) is 39.7 Å². The van der Waals surface area contributed by atoms with E-state index in [-0.39, 0.29) is 36.1 Å². The van der Waals surface area contributed by atoms with Gasteiger partial charge in [0, 0.05) is 42.6 Å².